The molecule has 2 heterocycles. The van der Waals surface area contributed by atoms with E-state index in [1.54, 1.807) is 25.4 Å². The molecule has 1 N–H and O–H groups in total. The van der Waals surface area contributed by atoms with Crippen molar-refractivity contribution in [3.8, 4) is 0 Å². The zero-order valence-corrected chi connectivity index (χ0v) is 20.3. The smallest absolute Gasteiger partial charge is 0.350 e. The van der Waals surface area contributed by atoms with Crippen LogP contribution in [0.1, 0.15) is 61.0 Å². The van der Waals surface area contributed by atoms with Crippen LogP contribution in [0.4, 0.5) is 5.69 Å². The first-order valence-electron chi connectivity index (χ1n) is 10.4. The van der Waals surface area contributed by atoms with Gasteiger partial charge in [0, 0.05) is 36.4 Å². The van der Waals surface area contributed by atoms with Gasteiger partial charge in [-0.15, -0.1) is 11.3 Å². The largest absolute Gasteiger partial charge is 0.465 e. The molecule has 0 radical (unpaired) electrons. The van der Waals surface area contributed by atoms with E-state index in [4.69, 9.17) is 4.74 Å². The Morgan fingerprint density at radius 2 is 1.94 bits per heavy atom. The molecule has 3 rings (SSSR count). The van der Waals surface area contributed by atoms with Gasteiger partial charge in [0.25, 0.3) is 0 Å². The summed E-state index contributed by atoms with van der Waals surface area (Å²) in [5, 5.41) is 3.52. The Morgan fingerprint density at radius 1 is 1.26 bits per heavy atom. The van der Waals surface area contributed by atoms with E-state index >= 15 is 0 Å². The molecule has 2 aromatic rings. The number of aromatic nitrogens is 1. The Bertz CT molecular complexity index is 1010. The van der Waals surface area contributed by atoms with Crippen LogP contribution >= 0.6 is 11.3 Å². The first-order valence-corrected chi connectivity index (χ1v) is 12.7. The van der Waals surface area contributed by atoms with Crippen molar-refractivity contribution in [2.24, 2.45) is 0 Å². The van der Waals surface area contributed by atoms with E-state index in [0.717, 1.165) is 36.2 Å². The van der Waals surface area contributed by atoms with E-state index in [2.05, 4.69) is 31.1 Å². The second-order valence-electron chi connectivity index (χ2n) is 8.95. The number of sulfonamides is 1. The van der Waals surface area contributed by atoms with Crippen molar-refractivity contribution in [2.75, 3.05) is 19.5 Å². The molecule has 1 aliphatic rings. The number of nitrogens with zero attached hydrogens (tertiary/aromatic N) is 2. The highest BCUT2D eigenvalue weighted by atomic mass is 32.2. The Kier molecular flexibility index (Phi) is 7.08. The van der Waals surface area contributed by atoms with Crippen LogP contribution < -0.4 is 5.32 Å². The van der Waals surface area contributed by atoms with E-state index in [-0.39, 0.29) is 28.4 Å². The third-order valence-corrected chi connectivity index (χ3v) is 9.16. The zero-order valence-electron chi connectivity index (χ0n) is 18.7. The number of ether oxygens (including phenoxy) is 1. The van der Waals surface area contributed by atoms with Crippen molar-refractivity contribution >= 4 is 33.0 Å². The number of esters is 1. The summed E-state index contributed by atoms with van der Waals surface area (Å²) in [7, 11) is -0.520. The predicted molar refractivity (Wildman–Crippen MR) is 123 cm³/mol. The van der Waals surface area contributed by atoms with Crippen LogP contribution in [0.25, 0.3) is 0 Å². The lowest BCUT2D eigenvalue weighted by Crippen LogP contribution is -2.41. The molecule has 170 valence electrons. The van der Waals surface area contributed by atoms with E-state index < -0.39 is 10.0 Å². The molecule has 0 unspecified atom stereocenters. The molecule has 0 atom stereocenters. The minimum absolute atomic E-state index is 0.0593. The molecule has 0 amide bonds. The van der Waals surface area contributed by atoms with Gasteiger partial charge in [-0.25, -0.2) is 13.2 Å². The number of pyridine rings is 1. The van der Waals surface area contributed by atoms with Crippen LogP contribution in [-0.4, -0.2) is 49.9 Å². The minimum Gasteiger partial charge on any atom is -0.465 e. The Balaban J connectivity index is 1.68. The van der Waals surface area contributed by atoms with Crippen molar-refractivity contribution in [3.63, 3.8) is 0 Å². The molecule has 0 bridgehead atoms. The van der Waals surface area contributed by atoms with Gasteiger partial charge < -0.3 is 10.1 Å². The van der Waals surface area contributed by atoms with E-state index in [1.165, 1.54) is 28.9 Å². The maximum absolute atomic E-state index is 12.9. The Hall–Kier alpha value is -1.97. The van der Waals surface area contributed by atoms with Gasteiger partial charge in [-0.05, 0) is 49.3 Å². The maximum atomic E-state index is 12.9. The van der Waals surface area contributed by atoms with Crippen molar-refractivity contribution in [1.29, 1.82) is 0 Å². The van der Waals surface area contributed by atoms with Crippen LogP contribution in [0.3, 0.4) is 0 Å². The highest BCUT2D eigenvalue weighted by Gasteiger charge is 2.32. The number of carbonyl (C=O) groups excluding carboxylic acids is 1. The highest BCUT2D eigenvalue weighted by Crippen LogP contribution is 2.37. The predicted octanol–water partition coefficient (Wildman–Crippen LogP) is 4.27. The number of rotatable bonds is 6. The van der Waals surface area contributed by atoms with Crippen LogP contribution in [0, 0.1) is 0 Å². The molecule has 2 aromatic heterocycles. The fraction of sp³-hybridized carbons (Fsp3) is 0.545. The van der Waals surface area contributed by atoms with Crippen LogP contribution in [0.15, 0.2) is 35.5 Å². The highest BCUT2D eigenvalue weighted by molar-refractivity contribution is 7.89. The molecular formula is C22H31N3O4S2. The summed E-state index contributed by atoms with van der Waals surface area (Å²) in [5.41, 5.74) is 0.746. The van der Waals surface area contributed by atoms with Gasteiger partial charge in [-0.3, -0.25) is 4.98 Å². The summed E-state index contributed by atoms with van der Waals surface area (Å²) >= 11 is 1.46. The van der Waals surface area contributed by atoms with Gasteiger partial charge in [0.05, 0.1) is 12.8 Å². The van der Waals surface area contributed by atoms with Gasteiger partial charge in [-0.2, -0.15) is 4.31 Å². The number of nitrogens with one attached hydrogen (secondary N) is 1. The quantitative estimate of drug-likeness (QED) is 0.641. The van der Waals surface area contributed by atoms with Crippen LogP contribution in [0.2, 0.25) is 0 Å². The second kappa shape index (κ2) is 9.26. The van der Waals surface area contributed by atoms with Crippen molar-refractivity contribution in [3.05, 3.63) is 40.3 Å². The number of thiophene rings is 1. The molecule has 0 spiro atoms. The average molecular weight is 466 g/mol. The average Bonchev–Trinajstić information content (AvgIpc) is 3.18. The number of hydrogen-bond acceptors (Lipinski definition) is 7. The summed E-state index contributed by atoms with van der Waals surface area (Å²) in [5.74, 6) is -0.334. The van der Waals surface area contributed by atoms with E-state index in [1.807, 2.05) is 6.07 Å². The second-order valence-corrected chi connectivity index (χ2v) is 12.0. The molecule has 1 saturated carbocycles. The summed E-state index contributed by atoms with van der Waals surface area (Å²) < 4.78 is 32.2. The maximum Gasteiger partial charge on any atom is 0.350 e. The fourth-order valence-electron chi connectivity index (χ4n) is 3.78. The molecule has 0 saturated heterocycles. The first kappa shape index (κ1) is 23.7. The third kappa shape index (κ3) is 5.27. The SMILES string of the molecule is COC(=O)c1sc(C(C)(C)C)cc1NC1CCC(N(C)S(=O)(=O)c2cccnc2)CC1. The monoisotopic (exact) mass is 465 g/mol. The zero-order chi connectivity index (χ0) is 22.8. The first-order chi connectivity index (χ1) is 14.5. The number of carbonyl (C=O) groups is 1. The Morgan fingerprint density at radius 3 is 2.48 bits per heavy atom. The lowest BCUT2D eigenvalue weighted by Gasteiger charge is -2.34. The summed E-state index contributed by atoms with van der Waals surface area (Å²) in [6, 6.07) is 5.37. The lowest BCUT2D eigenvalue weighted by atomic mass is 9.91. The fourth-order valence-corrected chi connectivity index (χ4v) is 6.26. The lowest BCUT2D eigenvalue weighted by molar-refractivity contribution is 0.0607. The summed E-state index contributed by atoms with van der Waals surface area (Å²) in [6.07, 6.45) is 6.08. The Labute approximate surface area is 188 Å². The molecule has 1 aliphatic carbocycles. The van der Waals surface area contributed by atoms with Gasteiger partial charge >= 0.3 is 5.97 Å². The number of hydrogen-bond donors (Lipinski definition) is 1. The molecule has 31 heavy (non-hydrogen) atoms. The number of methoxy groups -OCH3 is 1. The van der Waals surface area contributed by atoms with Gasteiger partial charge in [0.2, 0.25) is 10.0 Å². The molecule has 1 fully saturated rings. The molecule has 7 nitrogen and oxygen atoms in total. The number of anilines is 1. The third-order valence-electron chi connectivity index (χ3n) is 5.72. The van der Waals surface area contributed by atoms with Crippen molar-refractivity contribution in [2.45, 2.75) is 68.8 Å². The summed E-state index contributed by atoms with van der Waals surface area (Å²) in [4.78, 5) is 18.1. The van der Waals surface area contributed by atoms with Gasteiger partial charge in [-0.1, -0.05) is 20.8 Å². The summed E-state index contributed by atoms with van der Waals surface area (Å²) in [6.45, 7) is 6.36. The van der Waals surface area contributed by atoms with Gasteiger partial charge in [0.15, 0.2) is 0 Å². The molecule has 9 heteroatoms. The van der Waals surface area contributed by atoms with Gasteiger partial charge in [0.1, 0.15) is 9.77 Å². The van der Waals surface area contributed by atoms with Crippen LogP contribution in [-0.2, 0) is 20.2 Å². The topological polar surface area (TPSA) is 88.6 Å². The minimum atomic E-state index is -3.56. The molecular weight excluding hydrogens is 434 g/mol. The standard InChI is InChI=1S/C22H31N3O4S2/c1-22(2,3)19-13-18(20(30-19)21(26)29-5)24-15-8-10-16(11-9-15)25(4)31(27,28)17-7-6-12-23-14-17/h6-7,12-16,24H,8-11H2,1-5H3. The van der Waals surface area contributed by atoms with Crippen molar-refractivity contribution in [1.82, 2.24) is 9.29 Å². The van der Waals surface area contributed by atoms with Crippen molar-refractivity contribution < 1.29 is 17.9 Å². The van der Waals surface area contributed by atoms with E-state index in [9.17, 15) is 13.2 Å². The molecule has 0 aliphatic heterocycles. The van der Waals surface area contributed by atoms with E-state index in [0.29, 0.717) is 4.88 Å². The van der Waals surface area contributed by atoms with Crippen LogP contribution in [0.5, 0.6) is 0 Å². The molecule has 0 aromatic carbocycles. The normalized spacial score (nSPS) is 19.9.